The van der Waals surface area contributed by atoms with Crippen LogP contribution in [0.4, 0.5) is 0 Å². The molecule has 0 aromatic carbocycles. The molecule has 1 saturated heterocycles. The molecule has 0 aliphatic carbocycles. The van der Waals surface area contributed by atoms with E-state index in [1.807, 2.05) is 0 Å². The molecule has 0 amide bonds. The zero-order chi connectivity index (χ0) is 18.7. The van der Waals surface area contributed by atoms with Gasteiger partial charge in [0, 0.05) is 0 Å². The summed E-state index contributed by atoms with van der Waals surface area (Å²) < 4.78 is 14.3. The topological polar surface area (TPSA) is 30.3 Å². The summed E-state index contributed by atoms with van der Waals surface area (Å²) >= 11 is -2.37. The third-order valence-electron chi connectivity index (χ3n) is 6.04. The molecule has 5 heteroatoms. The third kappa shape index (κ3) is 6.52. The van der Waals surface area contributed by atoms with Gasteiger partial charge in [0.1, 0.15) is 0 Å². The van der Waals surface area contributed by atoms with Crippen LogP contribution >= 0.6 is 0 Å². The molecule has 2 heterocycles. The monoisotopic (exact) mass is 471 g/mol. The van der Waals surface area contributed by atoms with Gasteiger partial charge in [-0.25, -0.2) is 0 Å². The Bertz CT molecular complexity index is 464. The van der Waals surface area contributed by atoms with E-state index in [9.17, 15) is 0 Å². The number of unbranched alkanes of at least 4 members (excludes halogenated alkanes) is 3. The molecule has 0 atom stereocenters. The van der Waals surface area contributed by atoms with Gasteiger partial charge in [0.2, 0.25) is 0 Å². The molecule has 150 valence electrons. The van der Waals surface area contributed by atoms with Crippen molar-refractivity contribution in [1.82, 2.24) is 14.5 Å². The van der Waals surface area contributed by atoms with E-state index in [1.165, 1.54) is 51.8 Å². The van der Waals surface area contributed by atoms with E-state index in [0.717, 1.165) is 39.4 Å². The molecule has 1 aliphatic heterocycles. The molecule has 0 saturated carbocycles. The molecule has 1 aliphatic rings. The molecule has 1 fully saturated rings. The van der Waals surface area contributed by atoms with Crippen molar-refractivity contribution in [3.63, 3.8) is 0 Å². The summed E-state index contributed by atoms with van der Waals surface area (Å²) in [7, 11) is 0. The number of hydrogen-bond donors (Lipinski definition) is 0. The molecular formula is C21H41N3OSn. The van der Waals surface area contributed by atoms with Crippen LogP contribution in [0.1, 0.15) is 59.3 Å². The van der Waals surface area contributed by atoms with Gasteiger partial charge in [-0.2, -0.15) is 0 Å². The molecule has 0 bridgehead atoms. The maximum absolute atomic E-state index is 5.50. The first-order valence-corrected chi connectivity index (χ1v) is 18.5. The van der Waals surface area contributed by atoms with Crippen molar-refractivity contribution in [2.45, 2.75) is 79.2 Å². The summed E-state index contributed by atoms with van der Waals surface area (Å²) in [5.74, 6) is 0. The van der Waals surface area contributed by atoms with Crippen LogP contribution in [0.5, 0.6) is 0 Å². The average molecular weight is 470 g/mol. The van der Waals surface area contributed by atoms with E-state index in [-0.39, 0.29) is 0 Å². The van der Waals surface area contributed by atoms with Crippen LogP contribution in [-0.4, -0.2) is 65.7 Å². The molecule has 1 aromatic rings. The van der Waals surface area contributed by atoms with E-state index in [0.29, 0.717) is 0 Å². The van der Waals surface area contributed by atoms with Gasteiger partial charge in [0.15, 0.2) is 0 Å². The van der Waals surface area contributed by atoms with Crippen molar-refractivity contribution in [3.05, 3.63) is 12.5 Å². The molecule has 4 nitrogen and oxygen atoms in total. The first kappa shape index (κ1) is 22.2. The maximum atomic E-state index is 5.50. The molecule has 2 rings (SSSR count). The molecule has 0 unspecified atom stereocenters. The minimum atomic E-state index is -2.37. The number of morpholine rings is 1. The summed E-state index contributed by atoms with van der Waals surface area (Å²) in [6.45, 7) is 13.3. The standard InChI is InChI=1S/C9H14N3O.3C4H9.Sn/c1-2-12(9-10-1)4-3-11-5-7-13-8-6-11;3*1-3-4-2;/h1,9H,3-8H2;3*1,3-4H2,2H3;. The van der Waals surface area contributed by atoms with Crippen molar-refractivity contribution < 1.29 is 4.74 Å². The van der Waals surface area contributed by atoms with Gasteiger partial charge in [-0.05, 0) is 0 Å². The summed E-state index contributed by atoms with van der Waals surface area (Å²) in [4.78, 5) is 7.20. The Morgan fingerprint density at radius 3 is 2.04 bits per heavy atom. The van der Waals surface area contributed by atoms with Gasteiger partial charge in [0.25, 0.3) is 0 Å². The first-order valence-electron chi connectivity index (χ1n) is 11.1. The Hall–Kier alpha value is -0.0713. The Morgan fingerprint density at radius 2 is 1.50 bits per heavy atom. The van der Waals surface area contributed by atoms with Gasteiger partial charge in [-0.15, -0.1) is 0 Å². The van der Waals surface area contributed by atoms with E-state index >= 15 is 0 Å². The average Bonchev–Trinajstić information content (AvgIpc) is 3.16. The van der Waals surface area contributed by atoms with Crippen LogP contribution in [0.15, 0.2) is 12.5 Å². The number of nitrogens with zero attached hydrogens (tertiary/aromatic N) is 3. The Morgan fingerprint density at radius 1 is 0.923 bits per heavy atom. The van der Waals surface area contributed by atoms with Crippen molar-refractivity contribution in [1.29, 1.82) is 0 Å². The van der Waals surface area contributed by atoms with Gasteiger partial charge >= 0.3 is 166 Å². The predicted octanol–water partition coefficient (Wildman–Crippen LogP) is 4.27. The van der Waals surface area contributed by atoms with Crippen LogP contribution in [0.2, 0.25) is 13.3 Å². The minimum absolute atomic E-state index is 0.892. The Labute approximate surface area is 165 Å². The molecule has 0 N–H and O–H groups in total. The predicted molar refractivity (Wildman–Crippen MR) is 114 cm³/mol. The van der Waals surface area contributed by atoms with E-state index in [2.05, 4.69) is 47.7 Å². The fourth-order valence-electron chi connectivity index (χ4n) is 4.32. The van der Waals surface area contributed by atoms with Gasteiger partial charge < -0.3 is 0 Å². The summed E-state index contributed by atoms with van der Waals surface area (Å²) in [6, 6.07) is 0. The number of ether oxygens (including phenoxy) is 1. The van der Waals surface area contributed by atoms with E-state index in [1.54, 1.807) is 3.71 Å². The Balaban J connectivity index is 2.14. The Kier molecular flexibility index (Phi) is 10.6. The van der Waals surface area contributed by atoms with E-state index in [4.69, 9.17) is 4.74 Å². The fourth-order valence-corrected chi connectivity index (χ4v) is 20.7. The quantitative estimate of drug-likeness (QED) is 0.404. The molecule has 0 spiro atoms. The second kappa shape index (κ2) is 12.4. The first-order chi connectivity index (χ1) is 12.8. The second-order valence-corrected chi connectivity index (χ2v) is 21.1. The zero-order valence-electron chi connectivity index (χ0n) is 17.5. The molecule has 0 radical (unpaired) electrons. The van der Waals surface area contributed by atoms with Gasteiger partial charge in [-0.1, -0.05) is 0 Å². The normalized spacial score (nSPS) is 16.3. The fraction of sp³-hybridized carbons (Fsp3) is 0.857. The van der Waals surface area contributed by atoms with Crippen molar-refractivity contribution in [2.75, 3.05) is 32.8 Å². The van der Waals surface area contributed by atoms with Crippen molar-refractivity contribution in [3.8, 4) is 0 Å². The molecule has 1 aromatic heterocycles. The van der Waals surface area contributed by atoms with Crippen LogP contribution in [0.3, 0.4) is 0 Å². The van der Waals surface area contributed by atoms with Crippen LogP contribution in [-0.2, 0) is 11.3 Å². The third-order valence-corrected chi connectivity index (χ3v) is 21.6. The van der Waals surface area contributed by atoms with Gasteiger partial charge in [0.05, 0.1) is 0 Å². The number of imidazole rings is 1. The number of rotatable bonds is 13. The zero-order valence-corrected chi connectivity index (χ0v) is 20.4. The van der Waals surface area contributed by atoms with Crippen LogP contribution < -0.4 is 3.71 Å². The van der Waals surface area contributed by atoms with Crippen LogP contribution in [0.25, 0.3) is 0 Å². The summed E-state index contributed by atoms with van der Waals surface area (Å²) in [5, 5.41) is 0. The summed E-state index contributed by atoms with van der Waals surface area (Å²) in [6.07, 6.45) is 12.6. The second-order valence-electron chi connectivity index (χ2n) is 8.02. The summed E-state index contributed by atoms with van der Waals surface area (Å²) in [5.41, 5.74) is 0. The van der Waals surface area contributed by atoms with Crippen LogP contribution in [0, 0.1) is 0 Å². The van der Waals surface area contributed by atoms with E-state index < -0.39 is 18.4 Å². The van der Waals surface area contributed by atoms with Gasteiger partial charge in [-0.3, -0.25) is 0 Å². The SMILES string of the molecule is CCC[CH2][Sn]([CH2]CCC)([CH2]CCC)[c]1cncn1CCN1CCOCC1. The van der Waals surface area contributed by atoms with Crippen molar-refractivity contribution in [2.24, 2.45) is 0 Å². The molecule has 26 heavy (non-hydrogen) atoms. The van der Waals surface area contributed by atoms with Crippen molar-refractivity contribution >= 4 is 22.1 Å². The number of aromatic nitrogens is 2. The molecular weight excluding hydrogens is 429 g/mol. The number of hydrogen-bond acceptors (Lipinski definition) is 3.